The molecule has 138 valence electrons. The molecule has 2 aliphatic rings. The predicted molar refractivity (Wildman–Crippen MR) is 96.9 cm³/mol. The number of methoxy groups -OCH3 is 1. The van der Waals surface area contributed by atoms with Gasteiger partial charge in [-0.25, -0.2) is 0 Å². The van der Waals surface area contributed by atoms with Gasteiger partial charge in [-0.05, 0) is 44.9 Å². The first-order valence-corrected chi connectivity index (χ1v) is 9.20. The van der Waals surface area contributed by atoms with Gasteiger partial charge >= 0.3 is 5.97 Å². The van der Waals surface area contributed by atoms with Crippen LogP contribution in [0.2, 0.25) is 0 Å². The minimum Gasteiger partial charge on any atom is -0.483 e. The molecule has 1 fully saturated rings. The second-order valence-electron chi connectivity index (χ2n) is 7.56. The van der Waals surface area contributed by atoms with Gasteiger partial charge in [0.05, 0.1) is 5.92 Å². The highest BCUT2D eigenvalue weighted by Crippen LogP contribution is 2.44. The van der Waals surface area contributed by atoms with Crippen LogP contribution in [-0.4, -0.2) is 31.8 Å². The third-order valence-corrected chi connectivity index (χ3v) is 5.37. The molecule has 0 radical (unpaired) electrons. The molecule has 0 bridgehead atoms. The number of anilines is 1. The Morgan fingerprint density at radius 1 is 1.24 bits per heavy atom. The Balaban J connectivity index is 1.86. The molecule has 5 nitrogen and oxygen atoms in total. The molecule has 0 spiro atoms. The number of rotatable bonds is 4. The summed E-state index contributed by atoms with van der Waals surface area (Å²) in [6, 6.07) is 5.91. The molecule has 1 heterocycles. The Bertz CT molecular complexity index is 622. The van der Waals surface area contributed by atoms with E-state index in [1.807, 2.05) is 39.1 Å². The molecule has 25 heavy (non-hydrogen) atoms. The van der Waals surface area contributed by atoms with Crippen LogP contribution in [0, 0.1) is 5.92 Å². The molecule has 1 aromatic rings. The molecule has 0 amide bonds. The minimum absolute atomic E-state index is 0.00657. The van der Waals surface area contributed by atoms with Gasteiger partial charge < -0.3 is 19.5 Å². The van der Waals surface area contributed by atoms with E-state index in [2.05, 4.69) is 5.32 Å². The Morgan fingerprint density at radius 3 is 2.60 bits per heavy atom. The Hall–Kier alpha value is -1.75. The van der Waals surface area contributed by atoms with E-state index in [0.717, 1.165) is 42.7 Å². The fraction of sp³-hybridized carbons (Fsp3) is 0.650. The lowest BCUT2D eigenvalue weighted by atomic mass is 9.86. The molecule has 1 N–H and O–H groups in total. The summed E-state index contributed by atoms with van der Waals surface area (Å²) in [4.78, 5) is 12.7. The molecule has 3 rings (SSSR count). The zero-order valence-electron chi connectivity index (χ0n) is 15.6. The van der Waals surface area contributed by atoms with Gasteiger partial charge in [-0.3, -0.25) is 4.79 Å². The third-order valence-electron chi connectivity index (χ3n) is 5.37. The molecule has 1 saturated carbocycles. The van der Waals surface area contributed by atoms with Crippen LogP contribution < -0.4 is 10.1 Å². The van der Waals surface area contributed by atoms with Crippen LogP contribution in [0.15, 0.2) is 18.2 Å². The van der Waals surface area contributed by atoms with Crippen LogP contribution in [0.25, 0.3) is 0 Å². The summed E-state index contributed by atoms with van der Waals surface area (Å²) in [5.41, 5.74) is 1.23. The lowest BCUT2D eigenvalue weighted by molar-refractivity contribution is -0.186. The quantitative estimate of drug-likeness (QED) is 0.832. The molecule has 2 atom stereocenters. The van der Waals surface area contributed by atoms with Crippen molar-refractivity contribution in [1.29, 1.82) is 0 Å². The topological polar surface area (TPSA) is 56.8 Å². The molecule has 5 heteroatoms. The number of benzene rings is 1. The first kappa shape index (κ1) is 18.1. The van der Waals surface area contributed by atoms with E-state index in [-0.39, 0.29) is 18.0 Å². The summed E-state index contributed by atoms with van der Waals surface area (Å²) in [6.07, 6.45) is 4.43. The van der Waals surface area contributed by atoms with Crippen molar-refractivity contribution in [1.82, 2.24) is 0 Å². The predicted octanol–water partition coefficient (Wildman–Crippen LogP) is 4.08. The molecular formula is C20H29NO4. The summed E-state index contributed by atoms with van der Waals surface area (Å²) < 4.78 is 17.9. The second-order valence-corrected chi connectivity index (χ2v) is 7.56. The van der Waals surface area contributed by atoms with Crippen molar-refractivity contribution in [2.75, 3.05) is 19.5 Å². The second kappa shape index (κ2) is 7.24. The molecule has 1 aliphatic heterocycles. The molecule has 2 unspecified atom stereocenters. The van der Waals surface area contributed by atoms with E-state index in [4.69, 9.17) is 14.2 Å². The maximum Gasteiger partial charge on any atom is 0.309 e. The number of nitrogens with one attached hydrogen (secondary N) is 1. The highest BCUT2D eigenvalue weighted by molar-refractivity contribution is 5.73. The molecule has 0 aromatic heterocycles. The van der Waals surface area contributed by atoms with Crippen molar-refractivity contribution in [3.05, 3.63) is 23.8 Å². The van der Waals surface area contributed by atoms with E-state index in [0.29, 0.717) is 0 Å². The highest BCUT2D eigenvalue weighted by atomic mass is 16.6. The number of hydrogen-bond acceptors (Lipinski definition) is 5. The van der Waals surface area contributed by atoms with Crippen molar-refractivity contribution in [3.8, 4) is 5.75 Å². The number of hydrogen-bond donors (Lipinski definition) is 1. The largest absolute Gasteiger partial charge is 0.483 e. The van der Waals surface area contributed by atoms with Crippen LogP contribution in [0.5, 0.6) is 5.75 Å². The summed E-state index contributed by atoms with van der Waals surface area (Å²) in [5, 5.41) is 3.13. The Kier molecular flexibility index (Phi) is 5.23. The number of carbonyl (C=O) groups excluding carboxylic acids is 1. The number of fused-ring (bicyclic) bond motifs is 1. The van der Waals surface area contributed by atoms with Crippen molar-refractivity contribution >= 4 is 11.7 Å². The summed E-state index contributed by atoms with van der Waals surface area (Å²) in [7, 11) is 3.53. The monoisotopic (exact) mass is 347 g/mol. The fourth-order valence-corrected chi connectivity index (χ4v) is 3.90. The lowest BCUT2D eigenvalue weighted by Gasteiger charge is -2.43. The van der Waals surface area contributed by atoms with Gasteiger partial charge in [0.2, 0.25) is 0 Å². The Labute approximate surface area is 150 Å². The van der Waals surface area contributed by atoms with Crippen molar-refractivity contribution < 1.29 is 19.0 Å². The van der Waals surface area contributed by atoms with E-state index in [1.165, 1.54) is 6.42 Å². The van der Waals surface area contributed by atoms with E-state index in [9.17, 15) is 4.79 Å². The van der Waals surface area contributed by atoms with E-state index in [1.54, 1.807) is 7.11 Å². The van der Waals surface area contributed by atoms with Crippen LogP contribution in [-0.2, 0) is 14.3 Å². The van der Waals surface area contributed by atoms with Crippen molar-refractivity contribution in [2.24, 2.45) is 5.92 Å². The smallest absolute Gasteiger partial charge is 0.309 e. The summed E-state index contributed by atoms with van der Waals surface area (Å²) in [6.45, 7) is 3.90. The van der Waals surface area contributed by atoms with E-state index >= 15 is 0 Å². The number of ether oxygens (including phenoxy) is 3. The van der Waals surface area contributed by atoms with Crippen LogP contribution >= 0.6 is 0 Å². The fourth-order valence-electron chi connectivity index (χ4n) is 3.90. The standard InChI is InChI=1S/C20H29NO4/c1-20(2)18(24-19(22)13-8-6-5-7-9-13)17(23-4)15-12-14(21-3)10-11-16(15)25-20/h10-13,17-18,21H,5-9H2,1-4H3. The lowest BCUT2D eigenvalue weighted by Crippen LogP contribution is -2.52. The average Bonchev–Trinajstić information content (AvgIpc) is 2.62. The zero-order valence-corrected chi connectivity index (χ0v) is 15.6. The number of esters is 1. The van der Waals surface area contributed by atoms with Gasteiger partial charge in [-0.1, -0.05) is 19.3 Å². The summed E-state index contributed by atoms with van der Waals surface area (Å²) >= 11 is 0. The van der Waals surface area contributed by atoms with Gasteiger partial charge in [0.25, 0.3) is 0 Å². The van der Waals surface area contributed by atoms with Gasteiger partial charge in [0.15, 0.2) is 6.10 Å². The van der Waals surface area contributed by atoms with Gasteiger partial charge in [0, 0.05) is 25.4 Å². The average molecular weight is 347 g/mol. The maximum absolute atomic E-state index is 12.7. The Morgan fingerprint density at radius 2 is 1.96 bits per heavy atom. The van der Waals surface area contributed by atoms with Crippen LogP contribution in [0.4, 0.5) is 5.69 Å². The normalized spacial score (nSPS) is 25.6. The van der Waals surface area contributed by atoms with Gasteiger partial charge in [-0.15, -0.1) is 0 Å². The molecule has 1 aromatic carbocycles. The van der Waals surface area contributed by atoms with Gasteiger partial charge in [0.1, 0.15) is 17.5 Å². The maximum atomic E-state index is 12.7. The first-order chi connectivity index (χ1) is 12.0. The van der Waals surface area contributed by atoms with Crippen molar-refractivity contribution in [3.63, 3.8) is 0 Å². The SMILES string of the molecule is CNc1ccc2c(c1)C(OC)C(OC(=O)C1CCCCC1)C(C)(C)O2. The molecular weight excluding hydrogens is 318 g/mol. The third kappa shape index (κ3) is 3.61. The zero-order chi connectivity index (χ0) is 18.0. The molecule has 0 saturated heterocycles. The van der Waals surface area contributed by atoms with Gasteiger partial charge in [-0.2, -0.15) is 0 Å². The summed E-state index contributed by atoms with van der Waals surface area (Å²) in [5.74, 6) is 0.671. The molecule has 1 aliphatic carbocycles. The first-order valence-electron chi connectivity index (χ1n) is 9.20. The van der Waals surface area contributed by atoms with Crippen molar-refractivity contribution in [2.45, 2.75) is 63.8 Å². The number of carbonyl (C=O) groups is 1. The minimum atomic E-state index is -0.654. The van der Waals surface area contributed by atoms with E-state index < -0.39 is 11.7 Å². The van der Waals surface area contributed by atoms with Crippen LogP contribution in [0.3, 0.4) is 0 Å². The highest BCUT2D eigenvalue weighted by Gasteiger charge is 2.47. The van der Waals surface area contributed by atoms with Crippen LogP contribution in [0.1, 0.15) is 57.6 Å².